The Balaban J connectivity index is 2.72. The van der Waals surface area contributed by atoms with E-state index >= 15 is 0 Å². The molecule has 0 aliphatic heterocycles. The van der Waals surface area contributed by atoms with Gasteiger partial charge in [-0.2, -0.15) is 0 Å². The molecule has 1 N–H and O–H groups in total. The minimum Gasteiger partial charge on any atom is -0.504 e. The highest BCUT2D eigenvalue weighted by Crippen LogP contribution is 2.71. The van der Waals surface area contributed by atoms with Gasteiger partial charge < -0.3 is 27.9 Å². The van der Waals surface area contributed by atoms with Crippen molar-refractivity contribution in [1.29, 1.82) is 0 Å². The molecule has 8 nitrogen and oxygen atoms in total. The van der Waals surface area contributed by atoms with Gasteiger partial charge in [-0.1, -0.05) is 24.3 Å². The number of aromatic hydroxyl groups is 1. The molecule has 0 bridgehead atoms. The van der Waals surface area contributed by atoms with Crippen molar-refractivity contribution < 1.29 is 37.1 Å². The molecule has 0 amide bonds. The number of fused-ring (bicyclic) bond motifs is 1. The first-order valence-corrected chi connectivity index (χ1v) is 13.6. The molecule has 0 aliphatic carbocycles. The molecule has 0 unspecified atom stereocenters. The third kappa shape index (κ3) is 5.70. The van der Waals surface area contributed by atoms with E-state index in [-0.39, 0.29) is 44.3 Å². The zero-order chi connectivity index (χ0) is 23.1. The number of methoxy groups -OCH3 is 1. The first-order valence-electron chi connectivity index (χ1n) is 10.3. The van der Waals surface area contributed by atoms with Crippen LogP contribution in [0.25, 0.3) is 10.8 Å². The van der Waals surface area contributed by atoms with Crippen LogP contribution < -0.4 is 4.74 Å². The van der Waals surface area contributed by atoms with Gasteiger partial charge in [-0.25, -0.2) is 0 Å². The van der Waals surface area contributed by atoms with Crippen LogP contribution in [0.15, 0.2) is 30.3 Å². The second kappa shape index (κ2) is 11.5. The average molecular weight is 474 g/mol. The fourth-order valence-corrected chi connectivity index (χ4v) is 8.77. The molecule has 2 rings (SSSR count). The van der Waals surface area contributed by atoms with Crippen molar-refractivity contribution in [2.45, 2.75) is 39.5 Å². The maximum Gasteiger partial charge on any atom is 0.346 e. The molecule has 0 saturated heterocycles. The van der Waals surface area contributed by atoms with E-state index in [1.165, 1.54) is 7.11 Å². The van der Waals surface area contributed by atoms with Gasteiger partial charge in [-0.05, 0) is 51.1 Å². The Kier molecular flexibility index (Phi) is 9.56. The van der Waals surface area contributed by atoms with Crippen molar-refractivity contribution in [3.05, 3.63) is 35.9 Å². The van der Waals surface area contributed by atoms with Gasteiger partial charge >= 0.3 is 15.2 Å². The normalized spacial score (nSPS) is 12.6. The summed E-state index contributed by atoms with van der Waals surface area (Å²) in [7, 11) is -6.37. The van der Waals surface area contributed by atoms with Gasteiger partial charge in [0.05, 0.1) is 33.5 Å². The van der Waals surface area contributed by atoms with Crippen LogP contribution in [0.2, 0.25) is 0 Å². The Morgan fingerprint density at radius 1 is 0.839 bits per heavy atom. The lowest BCUT2D eigenvalue weighted by Gasteiger charge is -2.31. The number of phenolic OH excluding ortho intramolecular Hbond substituents is 1. The number of phenols is 1. The van der Waals surface area contributed by atoms with Crippen LogP contribution in [0, 0.1) is 0 Å². The van der Waals surface area contributed by atoms with Crippen molar-refractivity contribution in [2.75, 3.05) is 33.5 Å². The van der Waals surface area contributed by atoms with Crippen LogP contribution in [0.1, 0.15) is 33.3 Å². The Morgan fingerprint density at radius 3 is 1.71 bits per heavy atom. The highest BCUT2D eigenvalue weighted by Gasteiger charge is 2.51. The second-order valence-electron chi connectivity index (χ2n) is 6.57. The number of rotatable bonds is 13. The van der Waals surface area contributed by atoms with Crippen LogP contribution in [-0.4, -0.2) is 44.0 Å². The van der Waals surface area contributed by atoms with Gasteiger partial charge in [-0.3, -0.25) is 9.13 Å². The predicted octanol–water partition coefficient (Wildman–Crippen LogP) is 5.95. The lowest BCUT2D eigenvalue weighted by atomic mass is 10.0. The van der Waals surface area contributed by atoms with Gasteiger partial charge in [0, 0.05) is 5.39 Å². The van der Waals surface area contributed by atoms with Crippen LogP contribution in [0.4, 0.5) is 0 Å². The maximum absolute atomic E-state index is 13.8. The van der Waals surface area contributed by atoms with Crippen molar-refractivity contribution in [3.63, 3.8) is 0 Å². The minimum atomic E-state index is -3.91. The van der Waals surface area contributed by atoms with E-state index in [0.717, 1.165) is 0 Å². The van der Waals surface area contributed by atoms with Crippen molar-refractivity contribution >= 4 is 26.0 Å². The summed E-state index contributed by atoms with van der Waals surface area (Å²) < 4.78 is 55.2. The molecule has 0 aromatic heterocycles. The highest BCUT2D eigenvalue weighted by molar-refractivity contribution is 7.72. The van der Waals surface area contributed by atoms with E-state index in [1.807, 2.05) is 12.1 Å². The van der Waals surface area contributed by atoms with Gasteiger partial charge in [0.2, 0.25) is 0 Å². The van der Waals surface area contributed by atoms with Crippen LogP contribution in [-0.2, 0) is 33.6 Å². The van der Waals surface area contributed by atoms with Gasteiger partial charge in [0.15, 0.2) is 16.9 Å². The molecule has 10 heteroatoms. The fraction of sp³-hybridized carbons (Fsp3) is 0.524. The van der Waals surface area contributed by atoms with Crippen LogP contribution >= 0.6 is 15.2 Å². The van der Waals surface area contributed by atoms with Gasteiger partial charge in [-0.15, -0.1) is 0 Å². The first kappa shape index (κ1) is 25.9. The minimum absolute atomic E-state index is 0.00556. The Morgan fingerprint density at radius 2 is 1.29 bits per heavy atom. The topological polar surface area (TPSA) is 101 Å². The Hall–Kier alpha value is -1.40. The first-order chi connectivity index (χ1) is 14.8. The van der Waals surface area contributed by atoms with E-state index in [1.54, 1.807) is 45.9 Å². The molecule has 0 atom stereocenters. The van der Waals surface area contributed by atoms with E-state index in [4.69, 9.17) is 22.8 Å². The largest absolute Gasteiger partial charge is 0.504 e. The van der Waals surface area contributed by atoms with Crippen LogP contribution in [0.5, 0.6) is 11.5 Å². The molecule has 0 radical (unpaired) electrons. The molecule has 31 heavy (non-hydrogen) atoms. The summed E-state index contributed by atoms with van der Waals surface area (Å²) in [4.78, 5) is 0. The Bertz CT molecular complexity index is 912. The quantitative estimate of drug-likeness (QED) is 0.355. The average Bonchev–Trinajstić information content (AvgIpc) is 2.74. The third-order valence-corrected chi connectivity index (χ3v) is 10.7. The van der Waals surface area contributed by atoms with Gasteiger partial charge in [0.25, 0.3) is 0 Å². The summed E-state index contributed by atoms with van der Waals surface area (Å²) in [6.07, 6.45) is 0.00566. The van der Waals surface area contributed by atoms with Crippen molar-refractivity contribution in [1.82, 2.24) is 0 Å². The predicted molar refractivity (Wildman–Crippen MR) is 121 cm³/mol. The number of benzene rings is 2. The number of hydrogen-bond donors (Lipinski definition) is 1. The summed E-state index contributed by atoms with van der Waals surface area (Å²) in [5.74, 6) is 0.242. The van der Waals surface area contributed by atoms with E-state index in [9.17, 15) is 14.2 Å². The van der Waals surface area contributed by atoms with Crippen molar-refractivity contribution in [3.8, 4) is 11.5 Å². The fourth-order valence-electron chi connectivity index (χ4n) is 3.46. The Labute approximate surface area is 183 Å². The summed E-state index contributed by atoms with van der Waals surface area (Å²) in [6, 6.07) is 8.82. The summed E-state index contributed by atoms with van der Waals surface area (Å²) in [6.45, 7) is 7.17. The van der Waals surface area contributed by atoms with Crippen molar-refractivity contribution in [2.24, 2.45) is 0 Å². The molecule has 0 aliphatic rings. The number of ether oxygens (including phenoxy) is 1. The third-order valence-electron chi connectivity index (χ3n) is 4.66. The monoisotopic (exact) mass is 474 g/mol. The summed E-state index contributed by atoms with van der Waals surface area (Å²) in [5, 5.41) is 10.6. The van der Waals surface area contributed by atoms with E-state index in [2.05, 4.69) is 0 Å². The lowest BCUT2D eigenvalue weighted by molar-refractivity contribution is 0.195. The zero-order valence-electron chi connectivity index (χ0n) is 18.7. The SMILES string of the molecule is CCOP(=O)(OCC)C(Cc1cc(OC)c(O)c2ccccc12)P(=O)(OCC)OCC. The lowest BCUT2D eigenvalue weighted by Crippen LogP contribution is -2.20. The molecule has 0 heterocycles. The maximum atomic E-state index is 13.8. The highest BCUT2D eigenvalue weighted by atomic mass is 31.2. The smallest absolute Gasteiger partial charge is 0.346 e. The molecule has 2 aromatic carbocycles. The second-order valence-corrected chi connectivity index (χ2v) is 11.4. The number of hydrogen-bond acceptors (Lipinski definition) is 8. The van der Waals surface area contributed by atoms with E-state index < -0.39 is 20.6 Å². The molecule has 174 valence electrons. The summed E-state index contributed by atoms with van der Waals surface area (Å²) >= 11 is 0. The molecule has 2 aromatic rings. The van der Waals surface area contributed by atoms with Crippen LogP contribution in [0.3, 0.4) is 0 Å². The standard InChI is InChI=1S/C21H32O8P2/c1-6-26-30(23,27-7-2)20(31(24,28-8-3)29-9-4)15-16-14-19(25-5)21(22)18-13-11-10-12-17(16)18/h10-14,20,22H,6-9,15H2,1-5H3. The van der Waals surface area contributed by atoms with Gasteiger partial charge in [0.1, 0.15) is 0 Å². The summed E-state index contributed by atoms with van der Waals surface area (Å²) in [5.41, 5.74) is 0.648. The molecular weight excluding hydrogens is 442 g/mol. The van der Waals surface area contributed by atoms with E-state index in [0.29, 0.717) is 16.3 Å². The molecule has 0 fully saturated rings. The molecule has 0 saturated carbocycles. The molecular formula is C21H32O8P2. The zero-order valence-corrected chi connectivity index (χ0v) is 20.5. The molecule has 0 spiro atoms.